The van der Waals surface area contributed by atoms with Crippen LogP contribution in [0, 0.1) is 0 Å². The van der Waals surface area contributed by atoms with Gasteiger partial charge in [-0.2, -0.15) is 0 Å². The quantitative estimate of drug-likeness (QED) is 0.833. The summed E-state index contributed by atoms with van der Waals surface area (Å²) >= 11 is 0. The molecule has 142 valence electrons. The van der Waals surface area contributed by atoms with Crippen LogP contribution in [0.15, 0.2) is 24.3 Å². The van der Waals surface area contributed by atoms with E-state index < -0.39 is 11.7 Å². The van der Waals surface area contributed by atoms with Gasteiger partial charge in [-0.15, -0.1) is 0 Å². The fraction of sp³-hybridized carbons (Fsp3) is 0.600. The maximum atomic E-state index is 12.5. The molecule has 0 spiro atoms. The van der Waals surface area contributed by atoms with Gasteiger partial charge in [0.1, 0.15) is 12.1 Å². The second-order valence-electron chi connectivity index (χ2n) is 8.21. The highest BCUT2D eigenvalue weighted by atomic mass is 16.6. The van der Waals surface area contributed by atoms with Crippen molar-refractivity contribution in [2.75, 3.05) is 33.4 Å². The summed E-state index contributed by atoms with van der Waals surface area (Å²) in [6.45, 7) is 7.21. The minimum atomic E-state index is -0.548. The van der Waals surface area contributed by atoms with Crippen LogP contribution < -0.4 is 0 Å². The first-order valence-electron chi connectivity index (χ1n) is 9.28. The van der Waals surface area contributed by atoms with E-state index in [-0.39, 0.29) is 12.5 Å². The number of carbonyl (C=O) groups is 2. The molecular weight excluding hydrogens is 330 g/mol. The summed E-state index contributed by atoms with van der Waals surface area (Å²) in [6.07, 6.45) is 1.76. The molecule has 6 heteroatoms. The van der Waals surface area contributed by atoms with Crippen LogP contribution >= 0.6 is 0 Å². The molecule has 3 rings (SSSR count). The first-order valence-corrected chi connectivity index (χ1v) is 9.28. The predicted molar refractivity (Wildman–Crippen MR) is 99.7 cm³/mol. The molecule has 6 nitrogen and oxygen atoms in total. The molecule has 1 atom stereocenters. The zero-order chi connectivity index (χ0) is 18.9. The third-order valence-electron chi connectivity index (χ3n) is 5.00. The van der Waals surface area contributed by atoms with Crippen LogP contribution in [0.1, 0.15) is 44.4 Å². The average molecular weight is 359 g/mol. The van der Waals surface area contributed by atoms with E-state index in [1.54, 1.807) is 0 Å². The molecule has 1 aliphatic heterocycles. The number of piperazine rings is 1. The highest BCUT2D eigenvalue weighted by Crippen LogP contribution is 2.34. The van der Waals surface area contributed by atoms with Gasteiger partial charge in [0.15, 0.2) is 0 Å². The molecule has 1 heterocycles. The third-order valence-corrected chi connectivity index (χ3v) is 5.00. The number of rotatable bonds is 3. The Morgan fingerprint density at radius 1 is 1.27 bits per heavy atom. The summed E-state index contributed by atoms with van der Waals surface area (Å²) in [5, 5.41) is 0. The molecule has 0 saturated carbocycles. The summed E-state index contributed by atoms with van der Waals surface area (Å²) < 4.78 is 5.37. The van der Waals surface area contributed by atoms with Gasteiger partial charge in [-0.25, -0.2) is 4.79 Å². The number of benzene rings is 1. The highest BCUT2D eigenvalue weighted by Gasteiger charge is 2.32. The molecule has 0 N–H and O–H groups in total. The molecule has 0 unspecified atom stereocenters. The molecule has 0 radical (unpaired) electrons. The molecule has 26 heavy (non-hydrogen) atoms. The van der Waals surface area contributed by atoms with Gasteiger partial charge in [0.25, 0.3) is 0 Å². The van der Waals surface area contributed by atoms with Gasteiger partial charge in [0.2, 0.25) is 5.91 Å². The lowest BCUT2D eigenvalue weighted by Crippen LogP contribution is -2.55. The fourth-order valence-corrected chi connectivity index (χ4v) is 3.70. The van der Waals surface area contributed by atoms with Gasteiger partial charge in [0.05, 0.1) is 6.67 Å². The number of ether oxygens (including phenoxy) is 1. The first-order chi connectivity index (χ1) is 12.2. The van der Waals surface area contributed by atoms with Gasteiger partial charge in [-0.05, 0) is 51.8 Å². The second kappa shape index (κ2) is 7.27. The summed E-state index contributed by atoms with van der Waals surface area (Å²) in [4.78, 5) is 30.3. The van der Waals surface area contributed by atoms with Gasteiger partial charge in [-0.1, -0.05) is 24.3 Å². The summed E-state index contributed by atoms with van der Waals surface area (Å²) in [5.74, 6) is -0.0276. The van der Waals surface area contributed by atoms with Crippen molar-refractivity contribution in [3.05, 3.63) is 35.4 Å². The summed E-state index contributed by atoms with van der Waals surface area (Å²) in [7, 11) is 2.07. The van der Waals surface area contributed by atoms with E-state index in [1.165, 1.54) is 16.0 Å². The maximum absolute atomic E-state index is 12.5. The Labute approximate surface area is 155 Å². The molecule has 2 amide bonds. The van der Waals surface area contributed by atoms with Crippen LogP contribution in [-0.4, -0.2) is 65.7 Å². The molecule has 1 saturated heterocycles. The average Bonchev–Trinajstić information content (AvgIpc) is 2.99. The number of fused-ring (bicyclic) bond motifs is 1. The first kappa shape index (κ1) is 18.7. The van der Waals surface area contributed by atoms with E-state index in [0.29, 0.717) is 25.8 Å². The summed E-state index contributed by atoms with van der Waals surface area (Å²) in [5.41, 5.74) is 2.23. The summed E-state index contributed by atoms with van der Waals surface area (Å²) in [6, 6.07) is 8.89. The highest BCUT2D eigenvalue weighted by molar-refractivity contribution is 5.83. The Balaban J connectivity index is 1.56. The van der Waals surface area contributed by atoms with Crippen LogP contribution in [0.3, 0.4) is 0 Å². The molecule has 0 bridgehead atoms. The zero-order valence-electron chi connectivity index (χ0n) is 16.2. The van der Waals surface area contributed by atoms with E-state index >= 15 is 0 Å². The van der Waals surface area contributed by atoms with E-state index in [2.05, 4.69) is 36.2 Å². The largest absolute Gasteiger partial charge is 0.444 e. The minimum absolute atomic E-state index is 0.0276. The van der Waals surface area contributed by atoms with Gasteiger partial charge < -0.3 is 9.64 Å². The molecule has 1 fully saturated rings. The maximum Gasteiger partial charge on any atom is 0.410 e. The third kappa shape index (κ3) is 4.18. The van der Waals surface area contributed by atoms with Gasteiger partial charge in [-0.3, -0.25) is 14.6 Å². The molecule has 2 aliphatic rings. The van der Waals surface area contributed by atoms with Crippen molar-refractivity contribution >= 4 is 12.0 Å². The van der Waals surface area contributed by atoms with E-state index in [9.17, 15) is 9.59 Å². The molecule has 1 aromatic rings. The Morgan fingerprint density at radius 3 is 2.69 bits per heavy atom. The molecule has 1 aliphatic carbocycles. The lowest BCUT2D eigenvalue weighted by molar-refractivity contribution is -0.138. The number of carbonyl (C=O) groups excluding carboxylic acids is 2. The zero-order valence-corrected chi connectivity index (χ0v) is 16.2. The van der Waals surface area contributed by atoms with E-state index in [1.807, 2.05) is 25.7 Å². The SMILES string of the molecule is CN(CN1CCN(C(=O)OC(C)(C)C)CC1=O)[C@H]1CCc2ccccc21. The van der Waals surface area contributed by atoms with Crippen molar-refractivity contribution < 1.29 is 14.3 Å². The topological polar surface area (TPSA) is 53.1 Å². The Morgan fingerprint density at radius 2 is 2.00 bits per heavy atom. The van der Waals surface area contributed by atoms with Gasteiger partial charge >= 0.3 is 6.09 Å². The molecule has 0 aromatic heterocycles. The Kier molecular flexibility index (Phi) is 5.23. The number of amides is 2. The van der Waals surface area contributed by atoms with E-state index in [0.717, 1.165) is 12.8 Å². The molecule has 1 aromatic carbocycles. The van der Waals surface area contributed by atoms with Crippen LogP contribution in [0.5, 0.6) is 0 Å². The van der Waals surface area contributed by atoms with Crippen LogP contribution in [0.4, 0.5) is 4.79 Å². The second-order valence-corrected chi connectivity index (χ2v) is 8.21. The molecular formula is C20H29N3O3. The lowest BCUT2D eigenvalue weighted by atomic mass is 10.1. The van der Waals surface area contributed by atoms with Gasteiger partial charge in [0, 0.05) is 19.1 Å². The lowest BCUT2D eigenvalue weighted by Gasteiger charge is -2.38. The normalized spacial score (nSPS) is 20.5. The number of aryl methyl sites for hydroxylation is 1. The van der Waals surface area contributed by atoms with Crippen molar-refractivity contribution in [3.8, 4) is 0 Å². The smallest absolute Gasteiger partial charge is 0.410 e. The Bertz CT molecular complexity index is 683. The number of hydrogen-bond donors (Lipinski definition) is 0. The van der Waals surface area contributed by atoms with Crippen molar-refractivity contribution in [3.63, 3.8) is 0 Å². The van der Waals surface area contributed by atoms with Crippen molar-refractivity contribution in [2.45, 2.75) is 45.3 Å². The van der Waals surface area contributed by atoms with E-state index in [4.69, 9.17) is 4.74 Å². The predicted octanol–water partition coefficient (Wildman–Crippen LogP) is 2.64. The monoisotopic (exact) mass is 359 g/mol. The van der Waals surface area contributed by atoms with Crippen LogP contribution in [0.25, 0.3) is 0 Å². The number of nitrogens with zero attached hydrogens (tertiary/aromatic N) is 3. The van der Waals surface area contributed by atoms with Crippen molar-refractivity contribution in [2.24, 2.45) is 0 Å². The number of hydrogen-bond acceptors (Lipinski definition) is 4. The van der Waals surface area contributed by atoms with Crippen molar-refractivity contribution in [1.29, 1.82) is 0 Å². The standard InChI is InChI=1S/C20H29N3O3/c1-20(2,3)26-19(25)22-11-12-23(18(24)13-22)14-21(4)17-10-9-15-7-5-6-8-16(15)17/h5-8,17H,9-14H2,1-4H3/t17-/m0/s1. The fourth-order valence-electron chi connectivity index (χ4n) is 3.70. The van der Waals surface area contributed by atoms with Crippen LogP contribution in [-0.2, 0) is 16.0 Å². The minimum Gasteiger partial charge on any atom is -0.444 e. The van der Waals surface area contributed by atoms with Crippen molar-refractivity contribution in [1.82, 2.24) is 14.7 Å². The van der Waals surface area contributed by atoms with Crippen LogP contribution in [0.2, 0.25) is 0 Å². The Hall–Kier alpha value is -2.08.